The Morgan fingerprint density at radius 1 is 0.882 bits per heavy atom. The third-order valence-electron chi connectivity index (χ3n) is 10.2. The monoisotopic (exact) mass is 678 g/mol. The van der Waals surface area contributed by atoms with Gasteiger partial charge in [0.1, 0.15) is 22.7 Å². The molecular weight excluding hydrogens is 640 g/mol. The van der Waals surface area contributed by atoms with Gasteiger partial charge in [-0.05, 0) is 102 Å². The Morgan fingerprint density at radius 2 is 1.51 bits per heavy atom. The van der Waals surface area contributed by atoms with Crippen molar-refractivity contribution in [2.45, 2.75) is 51.4 Å². The average Bonchev–Trinajstić information content (AvgIpc) is 3.09. The Labute approximate surface area is 296 Å². The van der Waals surface area contributed by atoms with Crippen LogP contribution in [-0.4, -0.2) is 27.2 Å². The molecule has 5 heterocycles. The van der Waals surface area contributed by atoms with Crippen LogP contribution in [-0.2, 0) is 15.6 Å². The fourth-order valence-corrected chi connectivity index (χ4v) is 7.14. The normalized spacial score (nSPS) is 18.5. The van der Waals surface area contributed by atoms with Crippen LogP contribution in [0.1, 0.15) is 62.8 Å². The molecule has 4 aromatic rings. The van der Waals surface area contributed by atoms with Gasteiger partial charge in [-0.2, -0.15) is 0 Å². The first-order valence-corrected chi connectivity index (χ1v) is 16.9. The number of rotatable bonds is 5. The van der Waals surface area contributed by atoms with Gasteiger partial charge in [-0.1, -0.05) is 27.7 Å². The van der Waals surface area contributed by atoms with Gasteiger partial charge >= 0.3 is 11.3 Å². The number of hydrogen-bond donors (Lipinski definition) is 0. The summed E-state index contributed by atoms with van der Waals surface area (Å²) < 4.78 is 17.8. The molecule has 0 saturated carbocycles. The third-order valence-corrected chi connectivity index (χ3v) is 10.2. The molecule has 0 saturated heterocycles. The molecule has 0 fully saturated rings. The molecule has 3 aliphatic heterocycles. The minimum Gasteiger partial charge on any atom is -0.457 e. The predicted octanol–water partition coefficient (Wildman–Crippen LogP) is 8.36. The molecule has 0 N–H and O–H groups in total. The fraction of sp³-hybridized carbons (Fsp3) is 0.286. The Bertz CT molecular complexity index is 2490. The molecule has 0 bridgehead atoms. The van der Waals surface area contributed by atoms with Gasteiger partial charge in [-0.3, -0.25) is 0 Å². The van der Waals surface area contributed by atoms with E-state index in [0.29, 0.717) is 33.6 Å². The molecule has 0 radical (unpaired) electrons. The number of anilines is 2. The second-order valence-electron chi connectivity index (χ2n) is 14.8. The topological polar surface area (TPSA) is 104 Å². The Balaban J connectivity index is 1.24. The van der Waals surface area contributed by atoms with E-state index >= 15 is 0 Å². The van der Waals surface area contributed by atoms with Gasteiger partial charge in [0.15, 0.2) is 0 Å². The lowest BCUT2D eigenvalue weighted by atomic mass is 9.69. The smallest absolute Gasteiger partial charge is 0.343 e. The highest BCUT2D eigenvalue weighted by Gasteiger charge is 2.42. The van der Waals surface area contributed by atoms with Crippen LogP contribution >= 0.6 is 0 Å². The van der Waals surface area contributed by atoms with E-state index in [9.17, 15) is 14.9 Å². The van der Waals surface area contributed by atoms with Gasteiger partial charge in [0.2, 0.25) is 0 Å². The molecule has 256 valence electrons. The van der Waals surface area contributed by atoms with Crippen LogP contribution < -0.4 is 21.1 Å². The van der Waals surface area contributed by atoms with E-state index in [1.807, 2.05) is 43.3 Å². The van der Waals surface area contributed by atoms with E-state index < -0.39 is 11.3 Å². The molecule has 2 aromatic carbocycles. The lowest BCUT2D eigenvalue weighted by molar-refractivity contribution is 0.332. The summed E-state index contributed by atoms with van der Waals surface area (Å²) in [7, 11) is 3.82. The van der Waals surface area contributed by atoms with Gasteiger partial charge in [0.05, 0.1) is 23.8 Å². The van der Waals surface area contributed by atoms with Crippen LogP contribution in [0.5, 0.6) is 0 Å². The number of nitriles is 1. The first kappa shape index (κ1) is 33.4. The zero-order valence-electron chi connectivity index (χ0n) is 29.6. The second kappa shape index (κ2) is 12.4. The molecule has 0 spiro atoms. The summed E-state index contributed by atoms with van der Waals surface area (Å²) in [6.45, 7) is 18.5. The minimum absolute atomic E-state index is 0.0289. The summed E-state index contributed by atoms with van der Waals surface area (Å²) in [6, 6.07) is 13.3. The van der Waals surface area contributed by atoms with Crippen molar-refractivity contribution in [1.29, 1.82) is 5.26 Å². The molecule has 0 atom stereocenters. The molecule has 3 aliphatic rings. The summed E-state index contributed by atoms with van der Waals surface area (Å²) in [6.07, 6.45) is 11.5. The molecule has 0 aliphatic carbocycles. The van der Waals surface area contributed by atoms with Crippen LogP contribution in [0, 0.1) is 17.9 Å². The molecule has 0 unspecified atom stereocenters. The highest BCUT2D eigenvalue weighted by Crippen LogP contribution is 2.51. The zero-order valence-corrected chi connectivity index (χ0v) is 29.6. The zero-order chi connectivity index (χ0) is 36.2. The van der Waals surface area contributed by atoms with Crippen molar-refractivity contribution in [1.82, 2.24) is 0 Å². The van der Waals surface area contributed by atoms with E-state index in [1.54, 1.807) is 48.6 Å². The van der Waals surface area contributed by atoms with E-state index in [0.717, 1.165) is 48.0 Å². The van der Waals surface area contributed by atoms with Gasteiger partial charge in [-0.25, -0.2) is 19.7 Å². The average molecular weight is 679 g/mol. The quantitative estimate of drug-likeness (QED) is 0.118. The molecule has 0 amide bonds. The van der Waals surface area contributed by atoms with Crippen LogP contribution in [0.25, 0.3) is 38.9 Å². The summed E-state index contributed by atoms with van der Waals surface area (Å²) in [4.78, 5) is 34.1. The first-order chi connectivity index (χ1) is 24.3. The maximum absolute atomic E-state index is 13.5. The van der Waals surface area contributed by atoms with Crippen molar-refractivity contribution in [3.05, 3.63) is 138 Å². The second-order valence-corrected chi connectivity index (χ2v) is 14.8. The molecule has 7 rings (SSSR count). The Hall–Kier alpha value is -6.06. The van der Waals surface area contributed by atoms with Crippen molar-refractivity contribution >= 4 is 45.5 Å². The van der Waals surface area contributed by atoms with Crippen molar-refractivity contribution < 1.29 is 13.6 Å². The van der Waals surface area contributed by atoms with E-state index in [2.05, 4.69) is 43.5 Å². The van der Waals surface area contributed by atoms with E-state index in [-0.39, 0.29) is 22.3 Å². The highest BCUT2D eigenvalue weighted by molar-refractivity contribution is 5.91. The summed E-state index contributed by atoms with van der Waals surface area (Å²) in [5.41, 5.74) is 5.26. The lowest BCUT2D eigenvalue weighted by Gasteiger charge is -2.48. The number of nitrogens with zero attached hydrogens (tertiary/aromatic N) is 4. The number of ether oxygens (including phenoxy) is 1. The SMILES string of the molecule is [C-]#[N+]/C(C#N)=C1C=C(/C=C/c2cc3ccc(N(C)C)cc3oc2=O)OC(/C=C/c2cc3cc4c5c(c3oc2=O)C(C)(C)CCN5CCC4(C)C)=C\1. The van der Waals surface area contributed by atoms with Gasteiger partial charge in [-0.15, -0.1) is 0 Å². The molecule has 9 nitrogen and oxygen atoms in total. The van der Waals surface area contributed by atoms with E-state index in [4.69, 9.17) is 20.1 Å². The van der Waals surface area contributed by atoms with Gasteiger partial charge in [0, 0.05) is 61.0 Å². The van der Waals surface area contributed by atoms with E-state index in [1.165, 1.54) is 11.3 Å². The molecule has 2 aromatic heterocycles. The first-order valence-electron chi connectivity index (χ1n) is 16.9. The van der Waals surface area contributed by atoms with Crippen molar-refractivity contribution in [2.24, 2.45) is 0 Å². The minimum atomic E-state index is -0.519. The number of fused-ring (bicyclic) bond motifs is 3. The predicted molar refractivity (Wildman–Crippen MR) is 201 cm³/mol. The standard InChI is InChI=1S/C42H38N4O5/c1-41(2)14-16-46-17-15-42(3,4)36-37(46)33(41)22-29-19-27(40(48)51-38(29)36)10-13-32-21-28(34(24-43)44-5)20-31(49-32)12-9-26-18-25-8-11-30(45(6)7)23-35(25)50-39(26)47/h8-13,18-23H,14-17H2,1-4,6-7H3/b12-9+,13-10+,34-28+. The summed E-state index contributed by atoms with van der Waals surface area (Å²) in [5, 5.41) is 11.3. The van der Waals surface area contributed by atoms with Crippen LogP contribution in [0.15, 0.2) is 102 Å². The van der Waals surface area contributed by atoms with Crippen LogP contribution in [0.2, 0.25) is 0 Å². The Morgan fingerprint density at radius 3 is 2.14 bits per heavy atom. The summed E-state index contributed by atoms with van der Waals surface area (Å²) >= 11 is 0. The third kappa shape index (κ3) is 6.06. The van der Waals surface area contributed by atoms with Crippen molar-refractivity contribution in [2.75, 3.05) is 37.0 Å². The van der Waals surface area contributed by atoms with Crippen molar-refractivity contribution in [3.63, 3.8) is 0 Å². The highest BCUT2D eigenvalue weighted by atomic mass is 16.5. The maximum Gasteiger partial charge on any atom is 0.343 e. The lowest BCUT2D eigenvalue weighted by Crippen LogP contribution is -2.44. The largest absolute Gasteiger partial charge is 0.457 e. The number of benzene rings is 2. The molecule has 51 heavy (non-hydrogen) atoms. The molecular formula is C42H38N4O5. The van der Waals surface area contributed by atoms with Gasteiger partial charge in [0.25, 0.3) is 5.70 Å². The Kier molecular flexibility index (Phi) is 8.11. The molecule has 9 heteroatoms. The van der Waals surface area contributed by atoms with Crippen LogP contribution in [0.4, 0.5) is 11.4 Å². The van der Waals surface area contributed by atoms with Crippen LogP contribution in [0.3, 0.4) is 0 Å². The maximum atomic E-state index is 13.5. The van der Waals surface area contributed by atoms with Crippen molar-refractivity contribution in [3.8, 4) is 6.07 Å². The number of hydrogen-bond acceptors (Lipinski definition) is 8. The summed E-state index contributed by atoms with van der Waals surface area (Å²) in [5.74, 6) is 0.583. The van der Waals surface area contributed by atoms with Gasteiger partial charge < -0.3 is 23.4 Å². The number of allylic oxidation sites excluding steroid dienone is 6. The fourth-order valence-electron chi connectivity index (χ4n) is 7.14.